The number of rotatable bonds is 3. The van der Waals surface area contributed by atoms with Gasteiger partial charge in [-0.1, -0.05) is 11.6 Å². The predicted octanol–water partition coefficient (Wildman–Crippen LogP) is 1.48. The molecule has 1 aliphatic heterocycles. The van der Waals surface area contributed by atoms with Crippen molar-refractivity contribution in [3.63, 3.8) is 0 Å². The Morgan fingerprint density at radius 1 is 1.61 bits per heavy atom. The maximum absolute atomic E-state index is 12.1. The van der Waals surface area contributed by atoms with Crippen LogP contribution in [0, 0.1) is 0 Å². The van der Waals surface area contributed by atoms with Crippen molar-refractivity contribution >= 4 is 17.5 Å². The number of nitrogens with zero attached hydrogens (tertiary/aromatic N) is 1. The second kappa shape index (κ2) is 5.59. The summed E-state index contributed by atoms with van der Waals surface area (Å²) in [5.74, 6) is 0.652. The fraction of sp³-hybridized carbons (Fsp3) is 0.462. The molecule has 5 heteroatoms. The van der Waals surface area contributed by atoms with Crippen LogP contribution in [0.2, 0.25) is 5.02 Å². The van der Waals surface area contributed by atoms with Crippen molar-refractivity contribution in [3.05, 3.63) is 28.8 Å². The van der Waals surface area contributed by atoms with E-state index in [0.717, 1.165) is 5.56 Å². The van der Waals surface area contributed by atoms with Crippen LogP contribution in [0.25, 0.3) is 0 Å². The maximum atomic E-state index is 12.1. The van der Waals surface area contributed by atoms with E-state index in [-0.39, 0.29) is 12.3 Å². The second-order valence-electron chi connectivity index (χ2n) is 4.42. The average molecular weight is 270 g/mol. The summed E-state index contributed by atoms with van der Waals surface area (Å²) in [7, 11) is 1.57. The summed E-state index contributed by atoms with van der Waals surface area (Å²) in [4.78, 5) is 13.7. The van der Waals surface area contributed by atoms with Gasteiger partial charge in [-0.3, -0.25) is 4.79 Å². The van der Waals surface area contributed by atoms with E-state index in [0.29, 0.717) is 30.3 Å². The van der Waals surface area contributed by atoms with Gasteiger partial charge in [-0.05, 0) is 24.6 Å². The Morgan fingerprint density at radius 2 is 2.39 bits per heavy atom. The maximum Gasteiger partial charge on any atom is 0.227 e. The standard InChI is InChI=1S/C13H16ClNO3/c1-18-12-3-2-10(14)6-9(12)7-13(17)15-5-4-11(16)8-15/h2-3,6,11,16H,4-5,7-8H2,1H3/t11-/m0/s1. The first kappa shape index (κ1) is 13.2. The van der Waals surface area contributed by atoms with Gasteiger partial charge in [-0.15, -0.1) is 0 Å². The molecule has 0 unspecified atom stereocenters. The number of β-amino-alcohol motifs (C(OH)–C–C–N with tert-alkyl or cyclic N) is 1. The molecule has 1 aliphatic rings. The number of carbonyl (C=O) groups is 1. The summed E-state index contributed by atoms with van der Waals surface area (Å²) in [5, 5.41) is 10.0. The minimum absolute atomic E-state index is 0.00730. The van der Waals surface area contributed by atoms with E-state index in [9.17, 15) is 9.90 Å². The van der Waals surface area contributed by atoms with Gasteiger partial charge in [0.15, 0.2) is 0 Å². The van der Waals surface area contributed by atoms with Gasteiger partial charge < -0.3 is 14.7 Å². The molecule has 1 fully saturated rings. The zero-order valence-electron chi connectivity index (χ0n) is 10.2. The van der Waals surface area contributed by atoms with Gasteiger partial charge in [-0.2, -0.15) is 0 Å². The molecule has 98 valence electrons. The fourth-order valence-corrected chi connectivity index (χ4v) is 2.32. The van der Waals surface area contributed by atoms with Crippen molar-refractivity contribution in [2.24, 2.45) is 0 Å². The minimum Gasteiger partial charge on any atom is -0.496 e. The summed E-state index contributed by atoms with van der Waals surface area (Å²) in [6.07, 6.45) is 0.504. The molecule has 0 saturated carbocycles. The molecule has 0 bridgehead atoms. The van der Waals surface area contributed by atoms with E-state index in [1.165, 1.54) is 0 Å². The third kappa shape index (κ3) is 2.94. The number of aliphatic hydroxyl groups is 1. The van der Waals surface area contributed by atoms with Gasteiger partial charge in [0.25, 0.3) is 0 Å². The van der Waals surface area contributed by atoms with Crippen molar-refractivity contribution in [3.8, 4) is 5.75 Å². The number of ether oxygens (including phenoxy) is 1. The number of benzene rings is 1. The first-order valence-corrected chi connectivity index (χ1v) is 6.26. The molecular weight excluding hydrogens is 254 g/mol. The molecule has 1 amide bonds. The molecule has 0 aromatic heterocycles. The van der Waals surface area contributed by atoms with Crippen LogP contribution in [-0.4, -0.2) is 42.2 Å². The summed E-state index contributed by atoms with van der Waals surface area (Å²) in [5.41, 5.74) is 0.774. The van der Waals surface area contributed by atoms with Crippen LogP contribution < -0.4 is 4.74 Å². The Kier molecular flexibility index (Phi) is 4.09. The van der Waals surface area contributed by atoms with E-state index in [4.69, 9.17) is 16.3 Å². The van der Waals surface area contributed by atoms with Crippen LogP contribution in [0.4, 0.5) is 0 Å². The van der Waals surface area contributed by atoms with Gasteiger partial charge in [-0.25, -0.2) is 0 Å². The van der Waals surface area contributed by atoms with E-state index < -0.39 is 6.10 Å². The van der Waals surface area contributed by atoms with E-state index in [1.807, 2.05) is 0 Å². The van der Waals surface area contributed by atoms with Gasteiger partial charge in [0.2, 0.25) is 5.91 Å². The number of likely N-dealkylation sites (tertiary alicyclic amines) is 1. The molecule has 1 aromatic rings. The third-order valence-electron chi connectivity index (χ3n) is 3.10. The number of halogens is 1. The molecule has 18 heavy (non-hydrogen) atoms. The Hall–Kier alpha value is -1.26. The van der Waals surface area contributed by atoms with Gasteiger partial charge in [0.1, 0.15) is 5.75 Å². The van der Waals surface area contributed by atoms with Crippen molar-refractivity contribution in [1.82, 2.24) is 4.90 Å². The average Bonchev–Trinajstić information content (AvgIpc) is 2.76. The van der Waals surface area contributed by atoms with Gasteiger partial charge in [0, 0.05) is 23.7 Å². The van der Waals surface area contributed by atoms with Crippen LogP contribution in [-0.2, 0) is 11.2 Å². The molecule has 4 nitrogen and oxygen atoms in total. The Bertz CT molecular complexity index is 450. The highest BCUT2D eigenvalue weighted by atomic mass is 35.5. The molecule has 0 radical (unpaired) electrons. The van der Waals surface area contributed by atoms with Crippen molar-refractivity contribution < 1.29 is 14.6 Å². The van der Waals surface area contributed by atoms with Crippen molar-refractivity contribution in [1.29, 1.82) is 0 Å². The second-order valence-corrected chi connectivity index (χ2v) is 4.85. The van der Waals surface area contributed by atoms with Crippen molar-refractivity contribution in [2.75, 3.05) is 20.2 Å². The summed E-state index contributed by atoms with van der Waals surface area (Å²) < 4.78 is 5.21. The SMILES string of the molecule is COc1ccc(Cl)cc1CC(=O)N1CC[C@H](O)C1. The highest BCUT2D eigenvalue weighted by Crippen LogP contribution is 2.24. The Balaban J connectivity index is 2.09. The molecule has 1 saturated heterocycles. The third-order valence-corrected chi connectivity index (χ3v) is 3.34. The number of methoxy groups -OCH3 is 1. The lowest BCUT2D eigenvalue weighted by Gasteiger charge is -2.16. The number of aliphatic hydroxyl groups excluding tert-OH is 1. The molecule has 2 rings (SSSR count). The molecule has 1 heterocycles. The van der Waals surface area contributed by atoms with Crippen LogP contribution >= 0.6 is 11.6 Å². The normalized spacial score (nSPS) is 19.1. The van der Waals surface area contributed by atoms with Crippen molar-refractivity contribution in [2.45, 2.75) is 18.9 Å². The predicted molar refractivity (Wildman–Crippen MR) is 68.9 cm³/mol. The molecule has 0 aliphatic carbocycles. The first-order valence-electron chi connectivity index (χ1n) is 5.88. The molecule has 1 aromatic carbocycles. The lowest BCUT2D eigenvalue weighted by molar-refractivity contribution is -0.129. The number of hydrogen-bond acceptors (Lipinski definition) is 3. The number of carbonyl (C=O) groups excluding carboxylic acids is 1. The zero-order valence-corrected chi connectivity index (χ0v) is 11.0. The number of amides is 1. The first-order chi connectivity index (χ1) is 8.60. The van der Waals surface area contributed by atoms with Crippen LogP contribution in [0.5, 0.6) is 5.75 Å². The Labute approximate surface area is 111 Å². The quantitative estimate of drug-likeness (QED) is 0.904. The van der Waals surface area contributed by atoms with E-state index >= 15 is 0 Å². The lowest BCUT2D eigenvalue weighted by Crippen LogP contribution is -2.30. The van der Waals surface area contributed by atoms with Crippen LogP contribution in [0.3, 0.4) is 0 Å². The molecule has 1 atom stereocenters. The molecule has 1 N–H and O–H groups in total. The topological polar surface area (TPSA) is 49.8 Å². The van der Waals surface area contributed by atoms with Gasteiger partial charge >= 0.3 is 0 Å². The highest BCUT2D eigenvalue weighted by molar-refractivity contribution is 6.30. The molecule has 0 spiro atoms. The fourth-order valence-electron chi connectivity index (χ4n) is 2.13. The summed E-state index contributed by atoms with van der Waals surface area (Å²) in [6.45, 7) is 1.03. The largest absolute Gasteiger partial charge is 0.496 e. The monoisotopic (exact) mass is 269 g/mol. The van der Waals surface area contributed by atoms with Gasteiger partial charge in [0.05, 0.1) is 19.6 Å². The zero-order chi connectivity index (χ0) is 13.1. The summed E-state index contributed by atoms with van der Waals surface area (Å²) in [6, 6.07) is 5.22. The van der Waals surface area contributed by atoms with Crippen LogP contribution in [0.15, 0.2) is 18.2 Å². The van der Waals surface area contributed by atoms with Crippen LogP contribution in [0.1, 0.15) is 12.0 Å². The number of hydrogen-bond donors (Lipinski definition) is 1. The summed E-state index contributed by atoms with van der Waals surface area (Å²) >= 11 is 5.92. The molecular formula is C13H16ClNO3. The van der Waals surface area contributed by atoms with E-state index in [1.54, 1.807) is 30.2 Å². The minimum atomic E-state index is -0.393. The highest BCUT2D eigenvalue weighted by Gasteiger charge is 2.25. The Morgan fingerprint density at radius 3 is 3.00 bits per heavy atom. The van der Waals surface area contributed by atoms with E-state index in [2.05, 4.69) is 0 Å². The lowest BCUT2D eigenvalue weighted by atomic mass is 10.1. The smallest absolute Gasteiger partial charge is 0.227 e.